The standard InChI is InChI=1S/C30H22/c1-20-11-17-26-27-18-16-23-9-5-6-10-25(23)30(27)29(28(26)19-20)24-14-12-22(13-15-24)21-7-3-2-4-8-21/h2-19,29H,1H3. The predicted octanol–water partition coefficient (Wildman–Crippen LogP) is 7.98. The molecule has 0 heteroatoms. The summed E-state index contributed by atoms with van der Waals surface area (Å²) < 4.78 is 0. The summed E-state index contributed by atoms with van der Waals surface area (Å²) in [6, 6.07) is 40.0. The lowest BCUT2D eigenvalue weighted by Crippen LogP contribution is -2.00. The minimum Gasteiger partial charge on any atom is -0.0622 e. The Morgan fingerprint density at radius 1 is 0.567 bits per heavy atom. The SMILES string of the molecule is Cc1ccc2c(c1)C(c1ccc(-c3ccccc3)cc1)c1c-2ccc2ccccc12. The van der Waals surface area contributed by atoms with Gasteiger partial charge in [0.05, 0.1) is 0 Å². The summed E-state index contributed by atoms with van der Waals surface area (Å²) in [6.45, 7) is 2.19. The first kappa shape index (κ1) is 17.2. The Hall–Kier alpha value is -3.64. The number of fused-ring (bicyclic) bond motifs is 5. The Bertz CT molecular complexity index is 1380. The van der Waals surface area contributed by atoms with Crippen LogP contribution in [0.1, 0.15) is 28.2 Å². The molecular weight excluding hydrogens is 360 g/mol. The van der Waals surface area contributed by atoms with Crippen LogP contribution in [0.4, 0.5) is 0 Å². The van der Waals surface area contributed by atoms with Gasteiger partial charge in [-0.2, -0.15) is 0 Å². The number of aryl methyl sites for hydroxylation is 1. The average Bonchev–Trinajstić information content (AvgIpc) is 3.13. The van der Waals surface area contributed by atoms with Gasteiger partial charge in [-0.1, -0.05) is 115 Å². The maximum absolute atomic E-state index is 2.37. The number of hydrogen-bond donors (Lipinski definition) is 0. The van der Waals surface area contributed by atoms with Crippen LogP contribution >= 0.6 is 0 Å². The lowest BCUT2D eigenvalue weighted by Gasteiger charge is -2.17. The van der Waals surface area contributed by atoms with E-state index in [1.54, 1.807) is 0 Å². The van der Waals surface area contributed by atoms with E-state index in [2.05, 4.69) is 116 Å². The minimum atomic E-state index is 0.269. The smallest absolute Gasteiger partial charge is 0.0358 e. The van der Waals surface area contributed by atoms with E-state index in [-0.39, 0.29) is 5.92 Å². The van der Waals surface area contributed by atoms with E-state index >= 15 is 0 Å². The van der Waals surface area contributed by atoms with E-state index in [1.165, 1.54) is 55.3 Å². The molecule has 0 saturated carbocycles. The molecule has 30 heavy (non-hydrogen) atoms. The van der Waals surface area contributed by atoms with Gasteiger partial charge in [-0.25, -0.2) is 0 Å². The van der Waals surface area contributed by atoms with Crippen molar-refractivity contribution >= 4 is 10.8 Å². The second kappa shape index (κ2) is 6.71. The van der Waals surface area contributed by atoms with E-state index in [9.17, 15) is 0 Å². The van der Waals surface area contributed by atoms with Crippen molar-refractivity contribution in [3.63, 3.8) is 0 Å². The molecule has 0 nitrogen and oxygen atoms in total. The molecule has 0 amide bonds. The predicted molar refractivity (Wildman–Crippen MR) is 127 cm³/mol. The monoisotopic (exact) mass is 382 g/mol. The molecule has 0 aliphatic heterocycles. The summed E-state index contributed by atoms with van der Waals surface area (Å²) in [4.78, 5) is 0. The van der Waals surface area contributed by atoms with Gasteiger partial charge in [0.25, 0.3) is 0 Å². The fourth-order valence-corrected chi connectivity index (χ4v) is 5.01. The summed E-state index contributed by atoms with van der Waals surface area (Å²) >= 11 is 0. The highest BCUT2D eigenvalue weighted by Crippen LogP contribution is 2.51. The summed E-state index contributed by atoms with van der Waals surface area (Å²) in [5, 5.41) is 2.67. The maximum Gasteiger partial charge on any atom is 0.0358 e. The molecule has 0 spiro atoms. The zero-order chi connectivity index (χ0) is 20.1. The Labute approximate surface area is 177 Å². The van der Waals surface area contributed by atoms with Gasteiger partial charge in [0.2, 0.25) is 0 Å². The molecule has 1 atom stereocenters. The van der Waals surface area contributed by atoms with Crippen molar-refractivity contribution in [3.8, 4) is 22.3 Å². The molecule has 0 fully saturated rings. The number of benzene rings is 5. The second-order valence-corrected chi connectivity index (χ2v) is 8.26. The Morgan fingerprint density at radius 2 is 1.27 bits per heavy atom. The third kappa shape index (κ3) is 2.61. The van der Waals surface area contributed by atoms with E-state index < -0.39 is 0 Å². The molecule has 6 rings (SSSR count). The fraction of sp³-hybridized carbons (Fsp3) is 0.0667. The molecular formula is C30H22. The Morgan fingerprint density at radius 3 is 2.10 bits per heavy atom. The van der Waals surface area contributed by atoms with Crippen molar-refractivity contribution < 1.29 is 0 Å². The molecule has 0 bridgehead atoms. The fourth-order valence-electron chi connectivity index (χ4n) is 5.01. The van der Waals surface area contributed by atoms with E-state index in [0.717, 1.165) is 0 Å². The number of rotatable bonds is 2. The second-order valence-electron chi connectivity index (χ2n) is 8.26. The molecule has 5 aromatic carbocycles. The molecule has 0 aromatic heterocycles. The zero-order valence-corrected chi connectivity index (χ0v) is 17.0. The molecule has 142 valence electrons. The van der Waals surface area contributed by atoms with Crippen LogP contribution in [-0.4, -0.2) is 0 Å². The van der Waals surface area contributed by atoms with Crippen molar-refractivity contribution in [1.82, 2.24) is 0 Å². The van der Waals surface area contributed by atoms with E-state index in [4.69, 9.17) is 0 Å². The van der Waals surface area contributed by atoms with Crippen molar-refractivity contribution in [2.24, 2.45) is 0 Å². The molecule has 0 heterocycles. The Kier molecular flexibility index (Phi) is 3.86. The first-order valence-corrected chi connectivity index (χ1v) is 10.6. The van der Waals surface area contributed by atoms with Crippen LogP contribution < -0.4 is 0 Å². The topological polar surface area (TPSA) is 0 Å². The van der Waals surface area contributed by atoms with Crippen LogP contribution in [0.5, 0.6) is 0 Å². The third-order valence-corrected chi connectivity index (χ3v) is 6.42. The highest BCUT2D eigenvalue weighted by Gasteiger charge is 2.31. The molecule has 0 saturated heterocycles. The quantitative estimate of drug-likeness (QED) is 0.285. The van der Waals surface area contributed by atoms with Crippen molar-refractivity contribution in [3.05, 3.63) is 131 Å². The molecule has 1 unspecified atom stereocenters. The van der Waals surface area contributed by atoms with E-state index in [1.807, 2.05) is 0 Å². The molecule has 1 aliphatic carbocycles. The maximum atomic E-state index is 2.37. The van der Waals surface area contributed by atoms with Crippen LogP contribution in [0, 0.1) is 6.92 Å². The van der Waals surface area contributed by atoms with Gasteiger partial charge in [-0.3, -0.25) is 0 Å². The van der Waals surface area contributed by atoms with Gasteiger partial charge in [0.15, 0.2) is 0 Å². The van der Waals surface area contributed by atoms with Gasteiger partial charge < -0.3 is 0 Å². The first-order valence-electron chi connectivity index (χ1n) is 10.6. The molecule has 5 aromatic rings. The van der Waals surface area contributed by atoms with Gasteiger partial charge in [-0.05, 0) is 56.6 Å². The minimum absolute atomic E-state index is 0.269. The van der Waals surface area contributed by atoms with Crippen LogP contribution in [0.25, 0.3) is 33.0 Å². The van der Waals surface area contributed by atoms with Gasteiger partial charge in [0, 0.05) is 5.92 Å². The van der Waals surface area contributed by atoms with Crippen LogP contribution in [0.2, 0.25) is 0 Å². The Balaban J connectivity index is 1.57. The van der Waals surface area contributed by atoms with Gasteiger partial charge >= 0.3 is 0 Å². The van der Waals surface area contributed by atoms with Crippen LogP contribution in [-0.2, 0) is 0 Å². The van der Waals surface area contributed by atoms with Crippen molar-refractivity contribution in [2.45, 2.75) is 12.8 Å². The summed E-state index contributed by atoms with van der Waals surface area (Å²) in [5.74, 6) is 0.269. The summed E-state index contributed by atoms with van der Waals surface area (Å²) in [5.41, 5.74) is 10.8. The normalized spacial score (nSPS) is 14.5. The molecule has 0 N–H and O–H groups in total. The summed E-state index contributed by atoms with van der Waals surface area (Å²) in [6.07, 6.45) is 0. The van der Waals surface area contributed by atoms with Gasteiger partial charge in [0.1, 0.15) is 0 Å². The average molecular weight is 383 g/mol. The lowest BCUT2D eigenvalue weighted by molar-refractivity contribution is 1.02. The van der Waals surface area contributed by atoms with E-state index in [0.29, 0.717) is 0 Å². The highest BCUT2D eigenvalue weighted by atomic mass is 14.3. The van der Waals surface area contributed by atoms with Crippen LogP contribution in [0.15, 0.2) is 109 Å². The van der Waals surface area contributed by atoms with Crippen molar-refractivity contribution in [1.29, 1.82) is 0 Å². The van der Waals surface area contributed by atoms with Crippen molar-refractivity contribution in [2.75, 3.05) is 0 Å². The lowest BCUT2D eigenvalue weighted by atomic mass is 9.86. The molecule has 1 aliphatic rings. The highest BCUT2D eigenvalue weighted by molar-refractivity contribution is 5.97. The largest absolute Gasteiger partial charge is 0.0622 e. The summed E-state index contributed by atoms with van der Waals surface area (Å²) in [7, 11) is 0. The zero-order valence-electron chi connectivity index (χ0n) is 17.0. The van der Waals surface area contributed by atoms with Gasteiger partial charge in [-0.15, -0.1) is 0 Å². The van der Waals surface area contributed by atoms with Crippen LogP contribution in [0.3, 0.4) is 0 Å². The number of hydrogen-bond acceptors (Lipinski definition) is 0. The first-order chi connectivity index (χ1) is 14.8. The molecule has 0 radical (unpaired) electrons. The third-order valence-electron chi connectivity index (χ3n) is 6.42.